The van der Waals surface area contributed by atoms with Crippen molar-refractivity contribution in [2.45, 2.75) is 12.8 Å². The lowest BCUT2D eigenvalue weighted by molar-refractivity contribution is -0.116. The van der Waals surface area contributed by atoms with Crippen molar-refractivity contribution >= 4 is 22.9 Å². The first-order valence-electron chi connectivity index (χ1n) is 7.65. The first kappa shape index (κ1) is 16.8. The quantitative estimate of drug-likeness (QED) is 0.741. The molecule has 0 saturated carbocycles. The number of hydrogen-bond donors (Lipinski definition) is 1. The number of hydrogen-bond acceptors (Lipinski definition) is 4. The van der Waals surface area contributed by atoms with Gasteiger partial charge in [0.15, 0.2) is 0 Å². The van der Waals surface area contributed by atoms with Crippen LogP contribution in [0.15, 0.2) is 53.9 Å². The molecular formula is C19H14FN3OS. The molecule has 6 heteroatoms. The number of carbonyl (C=O) groups is 1. The van der Waals surface area contributed by atoms with Gasteiger partial charge in [-0.3, -0.25) is 4.79 Å². The number of rotatable bonds is 5. The molecule has 3 rings (SSSR count). The summed E-state index contributed by atoms with van der Waals surface area (Å²) in [5, 5.41) is 14.1. The van der Waals surface area contributed by atoms with Gasteiger partial charge in [-0.2, -0.15) is 5.26 Å². The van der Waals surface area contributed by atoms with E-state index in [1.54, 1.807) is 42.5 Å². The normalized spacial score (nSPS) is 10.2. The van der Waals surface area contributed by atoms with Crippen molar-refractivity contribution in [2.75, 3.05) is 5.32 Å². The first-order chi connectivity index (χ1) is 12.2. The molecule has 1 heterocycles. The van der Waals surface area contributed by atoms with E-state index in [4.69, 9.17) is 5.26 Å². The number of benzene rings is 2. The summed E-state index contributed by atoms with van der Waals surface area (Å²) in [5.74, 6) is -0.464. The van der Waals surface area contributed by atoms with Crippen LogP contribution in [0.1, 0.15) is 17.7 Å². The van der Waals surface area contributed by atoms with Gasteiger partial charge in [-0.05, 0) is 36.8 Å². The number of carbonyl (C=O) groups excluding carboxylic acids is 1. The highest BCUT2D eigenvalue weighted by atomic mass is 32.1. The second-order valence-corrected chi connectivity index (χ2v) is 6.22. The van der Waals surface area contributed by atoms with Gasteiger partial charge in [0, 0.05) is 23.1 Å². The third-order valence-electron chi connectivity index (χ3n) is 3.54. The van der Waals surface area contributed by atoms with Crippen LogP contribution in [0.3, 0.4) is 0 Å². The fourth-order valence-electron chi connectivity index (χ4n) is 2.31. The molecule has 0 unspecified atom stereocenters. The van der Waals surface area contributed by atoms with Crippen molar-refractivity contribution in [2.24, 2.45) is 0 Å². The second kappa shape index (κ2) is 7.69. The lowest BCUT2D eigenvalue weighted by atomic mass is 10.2. The molecule has 124 valence electrons. The van der Waals surface area contributed by atoms with Crippen molar-refractivity contribution in [1.82, 2.24) is 4.98 Å². The Morgan fingerprint density at radius 1 is 1.24 bits per heavy atom. The lowest BCUT2D eigenvalue weighted by Gasteiger charge is -2.04. The minimum Gasteiger partial charge on any atom is -0.326 e. The molecule has 0 bridgehead atoms. The van der Waals surface area contributed by atoms with E-state index in [9.17, 15) is 9.18 Å². The summed E-state index contributed by atoms with van der Waals surface area (Å²) in [4.78, 5) is 16.4. The van der Waals surface area contributed by atoms with Gasteiger partial charge in [0.1, 0.15) is 10.8 Å². The van der Waals surface area contributed by atoms with Gasteiger partial charge in [0.25, 0.3) is 0 Å². The predicted octanol–water partition coefficient (Wildman–Crippen LogP) is 4.39. The minimum absolute atomic E-state index is 0.157. The molecule has 2 aromatic carbocycles. The van der Waals surface area contributed by atoms with Crippen molar-refractivity contribution in [3.05, 3.63) is 71.0 Å². The number of aromatic nitrogens is 1. The van der Waals surface area contributed by atoms with Crippen molar-refractivity contribution < 1.29 is 9.18 Å². The zero-order chi connectivity index (χ0) is 17.6. The summed E-state index contributed by atoms with van der Waals surface area (Å²) in [6, 6.07) is 15.3. The molecular weight excluding hydrogens is 337 g/mol. The van der Waals surface area contributed by atoms with Crippen LogP contribution in [0.2, 0.25) is 0 Å². The molecule has 4 nitrogen and oxygen atoms in total. The summed E-state index contributed by atoms with van der Waals surface area (Å²) >= 11 is 1.36. The highest BCUT2D eigenvalue weighted by Gasteiger charge is 2.10. The molecule has 0 aliphatic carbocycles. The number of anilines is 1. The van der Waals surface area contributed by atoms with Crippen LogP contribution in [0.25, 0.3) is 10.6 Å². The minimum atomic E-state index is -0.307. The van der Waals surface area contributed by atoms with Crippen molar-refractivity contribution in [3.8, 4) is 16.6 Å². The largest absolute Gasteiger partial charge is 0.326 e. The number of nitrogens with one attached hydrogen (secondary N) is 1. The zero-order valence-electron chi connectivity index (χ0n) is 13.2. The van der Waals surface area contributed by atoms with Crippen LogP contribution in [0.4, 0.5) is 10.1 Å². The Bertz CT molecular complexity index is 946. The van der Waals surface area contributed by atoms with E-state index >= 15 is 0 Å². The Morgan fingerprint density at radius 2 is 2.08 bits per heavy atom. The van der Waals surface area contributed by atoms with Gasteiger partial charge in [-0.15, -0.1) is 11.3 Å². The molecule has 0 saturated heterocycles. The Morgan fingerprint density at radius 3 is 2.88 bits per heavy atom. The summed E-state index contributed by atoms with van der Waals surface area (Å²) in [6.45, 7) is 0. The number of nitriles is 1. The van der Waals surface area contributed by atoms with Crippen LogP contribution in [0.5, 0.6) is 0 Å². The highest BCUT2D eigenvalue weighted by molar-refractivity contribution is 7.13. The highest BCUT2D eigenvalue weighted by Crippen LogP contribution is 2.26. The molecule has 1 aromatic heterocycles. The van der Waals surface area contributed by atoms with Gasteiger partial charge in [0.05, 0.1) is 17.3 Å². The number of halogens is 1. The Kier molecular flexibility index (Phi) is 5.17. The molecule has 1 amide bonds. The molecule has 0 aliphatic rings. The molecule has 0 spiro atoms. The maximum absolute atomic E-state index is 13.8. The van der Waals surface area contributed by atoms with Crippen molar-refractivity contribution in [3.63, 3.8) is 0 Å². The Labute approximate surface area is 148 Å². The number of aryl methyl sites for hydroxylation is 1. The molecule has 0 aliphatic heterocycles. The van der Waals surface area contributed by atoms with Gasteiger partial charge in [0.2, 0.25) is 5.91 Å². The molecule has 0 atom stereocenters. The third kappa shape index (κ3) is 4.28. The maximum atomic E-state index is 13.8. The monoisotopic (exact) mass is 351 g/mol. The van der Waals surface area contributed by atoms with Crippen LogP contribution in [-0.2, 0) is 11.2 Å². The molecule has 1 N–H and O–H groups in total. The van der Waals surface area contributed by atoms with Crippen LogP contribution in [0, 0.1) is 17.1 Å². The molecule has 25 heavy (non-hydrogen) atoms. The molecule has 3 aromatic rings. The number of thiazole rings is 1. The first-order valence-corrected chi connectivity index (χ1v) is 8.53. The van der Waals surface area contributed by atoms with Crippen LogP contribution < -0.4 is 5.32 Å². The summed E-state index contributed by atoms with van der Waals surface area (Å²) in [5.41, 5.74) is 2.31. The summed E-state index contributed by atoms with van der Waals surface area (Å²) in [6.07, 6.45) is 0.728. The van der Waals surface area contributed by atoms with Gasteiger partial charge >= 0.3 is 0 Å². The average molecular weight is 351 g/mol. The maximum Gasteiger partial charge on any atom is 0.224 e. The zero-order valence-corrected chi connectivity index (χ0v) is 14.0. The van der Waals surface area contributed by atoms with Crippen LogP contribution in [-0.4, -0.2) is 10.9 Å². The van der Waals surface area contributed by atoms with E-state index < -0.39 is 0 Å². The van der Waals surface area contributed by atoms with E-state index in [2.05, 4.69) is 10.3 Å². The standard InChI is InChI=1S/C19H14FN3OS/c20-17-7-2-1-6-16(17)19-23-15(12-25-19)8-9-18(24)22-14-5-3-4-13(10-14)11-21/h1-7,10,12H,8-9H2,(H,22,24). The fourth-order valence-corrected chi connectivity index (χ4v) is 3.19. The SMILES string of the molecule is N#Cc1cccc(NC(=O)CCc2csc(-c3ccccc3F)n2)c1. The predicted molar refractivity (Wildman–Crippen MR) is 95.6 cm³/mol. The topological polar surface area (TPSA) is 65.8 Å². The van der Waals surface area contributed by atoms with E-state index in [0.29, 0.717) is 28.2 Å². The van der Waals surface area contributed by atoms with E-state index in [1.807, 2.05) is 11.4 Å². The smallest absolute Gasteiger partial charge is 0.224 e. The van der Waals surface area contributed by atoms with Crippen LogP contribution >= 0.6 is 11.3 Å². The molecule has 0 radical (unpaired) electrons. The summed E-state index contributed by atoms with van der Waals surface area (Å²) < 4.78 is 13.8. The average Bonchev–Trinajstić information content (AvgIpc) is 3.09. The van der Waals surface area contributed by atoms with Gasteiger partial charge in [-0.1, -0.05) is 18.2 Å². The van der Waals surface area contributed by atoms with Gasteiger partial charge in [-0.25, -0.2) is 9.37 Å². The van der Waals surface area contributed by atoms with E-state index in [-0.39, 0.29) is 18.1 Å². The second-order valence-electron chi connectivity index (χ2n) is 5.36. The van der Waals surface area contributed by atoms with E-state index in [1.165, 1.54) is 17.4 Å². The van der Waals surface area contributed by atoms with Gasteiger partial charge < -0.3 is 5.32 Å². The summed E-state index contributed by atoms with van der Waals surface area (Å²) in [7, 11) is 0. The Hall–Kier alpha value is -3.04. The molecule has 0 fully saturated rings. The third-order valence-corrected chi connectivity index (χ3v) is 4.46. The number of nitrogens with zero attached hydrogens (tertiary/aromatic N) is 2. The van der Waals surface area contributed by atoms with E-state index in [0.717, 1.165) is 5.69 Å². The fraction of sp³-hybridized carbons (Fsp3) is 0.105. The lowest BCUT2D eigenvalue weighted by Crippen LogP contribution is -2.12. The van der Waals surface area contributed by atoms with Crippen molar-refractivity contribution in [1.29, 1.82) is 5.26 Å². The number of amides is 1. The Balaban J connectivity index is 1.60.